The molecule has 2 aromatic rings. The van der Waals surface area contributed by atoms with Crippen LogP contribution in [0.2, 0.25) is 0 Å². The summed E-state index contributed by atoms with van der Waals surface area (Å²) < 4.78 is 20.7. The van der Waals surface area contributed by atoms with Gasteiger partial charge in [-0.15, -0.1) is 0 Å². The van der Waals surface area contributed by atoms with Crippen LogP contribution >= 0.6 is 0 Å². The van der Waals surface area contributed by atoms with Crippen LogP contribution in [0.4, 0.5) is 4.39 Å². The second kappa shape index (κ2) is 8.24. The molecule has 130 valence electrons. The lowest BCUT2D eigenvalue weighted by molar-refractivity contribution is 0.272. The summed E-state index contributed by atoms with van der Waals surface area (Å²) >= 11 is 0. The first kappa shape index (κ1) is 16.9. The molecule has 1 saturated carbocycles. The zero-order valence-electron chi connectivity index (χ0n) is 13.8. The number of hydrogen-bond donors (Lipinski definition) is 1. The highest BCUT2D eigenvalue weighted by molar-refractivity contribution is 5.22. The topological polar surface area (TPSA) is 60.2 Å². The highest BCUT2D eigenvalue weighted by Crippen LogP contribution is 2.31. The Balaban J connectivity index is 1.71. The molecule has 1 aliphatic carbocycles. The number of aliphatic hydroxyl groups excluding tert-OH is 1. The molecule has 0 spiro atoms. The predicted octanol–water partition coefficient (Wildman–Crippen LogP) is 3.43. The van der Waals surface area contributed by atoms with Crippen molar-refractivity contribution < 1.29 is 14.2 Å². The Morgan fingerprint density at radius 3 is 2.83 bits per heavy atom. The first-order valence-electron chi connectivity index (χ1n) is 8.69. The third-order valence-electron chi connectivity index (χ3n) is 4.41. The maximum Gasteiger partial charge on any atom is 0.188 e. The van der Waals surface area contributed by atoms with Crippen LogP contribution in [0.1, 0.15) is 56.1 Å². The van der Waals surface area contributed by atoms with Crippen molar-refractivity contribution in [2.45, 2.75) is 57.6 Å². The van der Waals surface area contributed by atoms with Crippen LogP contribution in [0, 0.1) is 5.82 Å². The molecular formula is C18H24FN3O2. The normalized spacial score (nSPS) is 15.6. The fourth-order valence-corrected chi connectivity index (χ4v) is 3.22. The minimum absolute atomic E-state index is 0.138. The van der Waals surface area contributed by atoms with Gasteiger partial charge in [0.05, 0.1) is 0 Å². The molecule has 1 aromatic carbocycles. The third-order valence-corrected chi connectivity index (χ3v) is 4.41. The Morgan fingerprint density at radius 1 is 1.25 bits per heavy atom. The van der Waals surface area contributed by atoms with E-state index in [1.807, 2.05) is 4.68 Å². The van der Waals surface area contributed by atoms with Gasteiger partial charge in [-0.1, -0.05) is 25.3 Å². The standard InChI is InChI=1S/C18H24FN3O2/c19-15-8-4-9-16(12-15)24-13-17-20-18(14-6-2-1-3-7-14)22(21-17)10-5-11-23/h4,8-9,12,14,23H,1-3,5-7,10-11,13H2. The van der Waals surface area contributed by atoms with Crippen molar-refractivity contribution in [3.63, 3.8) is 0 Å². The van der Waals surface area contributed by atoms with Gasteiger partial charge in [0.15, 0.2) is 5.82 Å². The number of ether oxygens (including phenoxy) is 1. The molecule has 1 fully saturated rings. The molecule has 0 bridgehead atoms. The number of benzene rings is 1. The average Bonchev–Trinajstić information content (AvgIpc) is 3.02. The van der Waals surface area contributed by atoms with E-state index >= 15 is 0 Å². The van der Waals surface area contributed by atoms with Crippen LogP contribution in [-0.4, -0.2) is 26.5 Å². The fourth-order valence-electron chi connectivity index (χ4n) is 3.22. The average molecular weight is 333 g/mol. The van der Waals surface area contributed by atoms with Crippen molar-refractivity contribution in [2.75, 3.05) is 6.61 Å². The van der Waals surface area contributed by atoms with E-state index in [1.54, 1.807) is 12.1 Å². The lowest BCUT2D eigenvalue weighted by atomic mass is 9.88. The lowest BCUT2D eigenvalue weighted by Crippen LogP contribution is -2.14. The van der Waals surface area contributed by atoms with Gasteiger partial charge in [-0.3, -0.25) is 0 Å². The van der Waals surface area contributed by atoms with Gasteiger partial charge in [-0.25, -0.2) is 14.1 Å². The summed E-state index contributed by atoms with van der Waals surface area (Å²) in [5.74, 6) is 2.20. The van der Waals surface area contributed by atoms with Crippen molar-refractivity contribution in [3.05, 3.63) is 41.7 Å². The van der Waals surface area contributed by atoms with E-state index in [2.05, 4.69) is 10.1 Å². The third kappa shape index (κ3) is 4.32. The maximum absolute atomic E-state index is 13.2. The number of hydrogen-bond acceptors (Lipinski definition) is 4. The Morgan fingerprint density at radius 2 is 2.08 bits per heavy atom. The number of aryl methyl sites for hydroxylation is 1. The van der Waals surface area contributed by atoms with Crippen LogP contribution in [-0.2, 0) is 13.2 Å². The van der Waals surface area contributed by atoms with Gasteiger partial charge < -0.3 is 9.84 Å². The molecular weight excluding hydrogens is 309 g/mol. The van der Waals surface area contributed by atoms with Crippen molar-refractivity contribution >= 4 is 0 Å². The molecule has 3 rings (SSSR count). The van der Waals surface area contributed by atoms with Crippen LogP contribution < -0.4 is 4.74 Å². The molecule has 0 radical (unpaired) electrons. The van der Waals surface area contributed by atoms with Crippen LogP contribution in [0.15, 0.2) is 24.3 Å². The number of rotatable bonds is 7. The summed E-state index contributed by atoms with van der Waals surface area (Å²) in [6, 6.07) is 6.07. The van der Waals surface area contributed by atoms with E-state index in [1.165, 1.54) is 31.4 Å². The molecule has 0 aliphatic heterocycles. The van der Waals surface area contributed by atoms with Crippen LogP contribution in [0.3, 0.4) is 0 Å². The van der Waals surface area contributed by atoms with E-state index in [0.717, 1.165) is 18.7 Å². The Labute approximate surface area is 141 Å². The van der Waals surface area contributed by atoms with Gasteiger partial charge >= 0.3 is 0 Å². The van der Waals surface area contributed by atoms with Gasteiger partial charge in [0.1, 0.15) is 24.0 Å². The molecule has 0 atom stereocenters. The zero-order chi connectivity index (χ0) is 16.8. The first-order chi connectivity index (χ1) is 11.8. The van der Waals surface area contributed by atoms with Gasteiger partial charge in [0.2, 0.25) is 0 Å². The fraction of sp³-hybridized carbons (Fsp3) is 0.556. The molecule has 6 heteroatoms. The predicted molar refractivity (Wildman–Crippen MR) is 88.3 cm³/mol. The maximum atomic E-state index is 13.2. The summed E-state index contributed by atoms with van der Waals surface area (Å²) in [7, 11) is 0. The second-order valence-electron chi connectivity index (χ2n) is 6.27. The first-order valence-corrected chi connectivity index (χ1v) is 8.69. The highest BCUT2D eigenvalue weighted by atomic mass is 19.1. The van der Waals surface area contributed by atoms with Crippen molar-refractivity contribution in [3.8, 4) is 5.75 Å². The molecule has 1 heterocycles. The number of halogens is 1. The zero-order valence-corrected chi connectivity index (χ0v) is 13.8. The SMILES string of the molecule is OCCCn1nc(COc2cccc(F)c2)nc1C1CCCCC1. The van der Waals surface area contributed by atoms with Crippen molar-refractivity contribution in [1.29, 1.82) is 0 Å². The van der Waals surface area contributed by atoms with Crippen molar-refractivity contribution in [1.82, 2.24) is 14.8 Å². The summed E-state index contributed by atoms with van der Waals surface area (Å²) in [5, 5.41) is 13.6. The van der Waals surface area contributed by atoms with Gasteiger partial charge in [-0.05, 0) is 31.4 Å². The van der Waals surface area contributed by atoms with Gasteiger partial charge in [0, 0.05) is 25.1 Å². The number of aromatic nitrogens is 3. The van der Waals surface area contributed by atoms with Crippen LogP contribution in [0.25, 0.3) is 0 Å². The summed E-state index contributed by atoms with van der Waals surface area (Å²) in [4.78, 5) is 4.68. The molecule has 24 heavy (non-hydrogen) atoms. The summed E-state index contributed by atoms with van der Waals surface area (Å²) in [5.41, 5.74) is 0. The molecule has 1 N–H and O–H groups in total. The monoisotopic (exact) mass is 333 g/mol. The van der Waals surface area contributed by atoms with E-state index in [0.29, 0.717) is 30.5 Å². The molecule has 0 saturated heterocycles. The molecule has 0 amide bonds. The molecule has 1 aromatic heterocycles. The smallest absolute Gasteiger partial charge is 0.188 e. The van der Waals surface area contributed by atoms with Gasteiger partial charge in [0.25, 0.3) is 0 Å². The van der Waals surface area contributed by atoms with E-state index in [-0.39, 0.29) is 19.0 Å². The largest absolute Gasteiger partial charge is 0.485 e. The second-order valence-corrected chi connectivity index (χ2v) is 6.27. The Hall–Kier alpha value is -1.95. The Kier molecular flexibility index (Phi) is 5.80. The van der Waals surface area contributed by atoms with E-state index in [9.17, 15) is 4.39 Å². The van der Waals surface area contributed by atoms with Gasteiger partial charge in [-0.2, -0.15) is 5.10 Å². The minimum atomic E-state index is -0.322. The number of aliphatic hydroxyl groups is 1. The lowest BCUT2D eigenvalue weighted by Gasteiger charge is -2.21. The van der Waals surface area contributed by atoms with E-state index < -0.39 is 0 Å². The van der Waals surface area contributed by atoms with E-state index in [4.69, 9.17) is 9.84 Å². The summed E-state index contributed by atoms with van der Waals surface area (Å²) in [6.07, 6.45) is 6.69. The minimum Gasteiger partial charge on any atom is -0.485 e. The molecule has 1 aliphatic rings. The Bertz CT molecular complexity index is 653. The number of nitrogens with zero attached hydrogens (tertiary/aromatic N) is 3. The summed E-state index contributed by atoms with van der Waals surface area (Å²) in [6.45, 7) is 1.02. The molecule has 5 nitrogen and oxygen atoms in total. The highest BCUT2D eigenvalue weighted by Gasteiger charge is 2.22. The quantitative estimate of drug-likeness (QED) is 0.843. The molecule has 0 unspecified atom stereocenters. The van der Waals surface area contributed by atoms with Crippen LogP contribution in [0.5, 0.6) is 5.75 Å². The van der Waals surface area contributed by atoms with Crippen molar-refractivity contribution in [2.24, 2.45) is 0 Å².